The summed E-state index contributed by atoms with van der Waals surface area (Å²) in [6.45, 7) is 1.86. The van der Waals surface area contributed by atoms with Crippen LogP contribution in [0.2, 0.25) is 0 Å². The molecule has 2 heteroatoms. The molecule has 0 aliphatic rings. The Balaban J connectivity index is 2.44. The molecule has 0 spiro atoms. The van der Waals surface area contributed by atoms with Gasteiger partial charge in [0, 0.05) is 5.56 Å². The summed E-state index contributed by atoms with van der Waals surface area (Å²) in [6.07, 6.45) is 0. The van der Waals surface area contributed by atoms with E-state index in [0.29, 0.717) is 11.1 Å². The fraction of sp³-hybridized carbons (Fsp3) is 0.143. The first kappa shape index (κ1) is 10.8. The standard InChI is InChI=1S/C14H13FO/c1-10-2-5-12(6-3-10)13-7-4-11(9-16)8-14(13)15/h2-8,16H,9H2,1H3. The molecule has 0 amide bonds. The average molecular weight is 216 g/mol. The van der Waals surface area contributed by atoms with E-state index in [9.17, 15) is 4.39 Å². The normalized spacial score (nSPS) is 10.4. The molecule has 0 heterocycles. The van der Waals surface area contributed by atoms with Crippen molar-refractivity contribution in [1.82, 2.24) is 0 Å². The maximum absolute atomic E-state index is 13.7. The third-order valence-electron chi connectivity index (χ3n) is 2.58. The molecule has 0 unspecified atom stereocenters. The quantitative estimate of drug-likeness (QED) is 0.816. The van der Waals surface area contributed by atoms with Gasteiger partial charge in [-0.2, -0.15) is 0 Å². The second-order valence-corrected chi connectivity index (χ2v) is 3.84. The summed E-state index contributed by atoms with van der Waals surface area (Å²) in [5.41, 5.74) is 3.16. The van der Waals surface area contributed by atoms with Gasteiger partial charge in [-0.3, -0.25) is 0 Å². The highest BCUT2D eigenvalue weighted by Crippen LogP contribution is 2.23. The molecule has 82 valence electrons. The molecule has 0 bridgehead atoms. The van der Waals surface area contributed by atoms with Crippen LogP contribution in [0.5, 0.6) is 0 Å². The van der Waals surface area contributed by atoms with E-state index in [1.807, 2.05) is 31.2 Å². The minimum atomic E-state index is -0.296. The highest BCUT2D eigenvalue weighted by molar-refractivity contribution is 5.64. The molecule has 0 saturated heterocycles. The third kappa shape index (κ3) is 2.12. The number of benzene rings is 2. The van der Waals surface area contributed by atoms with Gasteiger partial charge < -0.3 is 5.11 Å². The largest absolute Gasteiger partial charge is 0.392 e. The Morgan fingerprint density at radius 1 is 1.06 bits per heavy atom. The molecule has 2 rings (SSSR count). The zero-order chi connectivity index (χ0) is 11.5. The Hall–Kier alpha value is -1.67. The maximum Gasteiger partial charge on any atom is 0.131 e. The molecule has 0 atom stereocenters. The van der Waals surface area contributed by atoms with Gasteiger partial charge in [0.15, 0.2) is 0 Å². The van der Waals surface area contributed by atoms with Gasteiger partial charge in [-0.15, -0.1) is 0 Å². The van der Waals surface area contributed by atoms with E-state index < -0.39 is 0 Å². The summed E-state index contributed by atoms with van der Waals surface area (Å²) in [5, 5.41) is 8.89. The minimum absolute atomic E-state index is 0.134. The fourth-order valence-electron chi connectivity index (χ4n) is 1.62. The highest BCUT2D eigenvalue weighted by atomic mass is 19.1. The number of aliphatic hydroxyl groups excluding tert-OH is 1. The second-order valence-electron chi connectivity index (χ2n) is 3.84. The molecule has 16 heavy (non-hydrogen) atoms. The van der Waals surface area contributed by atoms with Crippen LogP contribution in [0, 0.1) is 12.7 Å². The Morgan fingerprint density at radius 3 is 2.31 bits per heavy atom. The molecule has 0 aliphatic carbocycles. The average Bonchev–Trinajstić information content (AvgIpc) is 2.30. The lowest BCUT2D eigenvalue weighted by Crippen LogP contribution is -1.89. The Labute approximate surface area is 94.2 Å². The second kappa shape index (κ2) is 4.45. The van der Waals surface area contributed by atoms with Gasteiger partial charge >= 0.3 is 0 Å². The Kier molecular flexibility index (Phi) is 3.02. The number of rotatable bonds is 2. The number of aryl methyl sites for hydroxylation is 1. The van der Waals surface area contributed by atoms with Crippen LogP contribution >= 0.6 is 0 Å². The molecule has 0 aliphatic heterocycles. The lowest BCUT2D eigenvalue weighted by Gasteiger charge is -2.05. The molecule has 0 saturated carbocycles. The molecule has 1 N–H and O–H groups in total. The van der Waals surface area contributed by atoms with Crippen LogP contribution in [-0.4, -0.2) is 5.11 Å². The van der Waals surface area contributed by atoms with Crippen molar-refractivity contribution in [2.75, 3.05) is 0 Å². The first-order chi connectivity index (χ1) is 7.70. The minimum Gasteiger partial charge on any atom is -0.392 e. The van der Waals surface area contributed by atoms with Crippen LogP contribution in [0.15, 0.2) is 42.5 Å². The van der Waals surface area contributed by atoms with Crippen molar-refractivity contribution in [3.8, 4) is 11.1 Å². The van der Waals surface area contributed by atoms with Gasteiger partial charge in [0.2, 0.25) is 0 Å². The first-order valence-electron chi connectivity index (χ1n) is 5.17. The number of hydrogen-bond donors (Lipinski definition) is 1. The topological polar surface area (TPSA) is 20.2 Å². The van der Waals surface area contributed by atoms with Crippen LogP contribution in [0.25, 0.3) is 11.1 Å². The fourth-order valence-corrected chi connectivity index (χ4v) is 1.62. The van der Waals surface area contributed by atoms with Crippen LogP contribution in [0.1, 0.15) is 11.1 Å². The Bertz CT molecular complexity index is 489. The zero-order valence-corrected chi connectivity index (χ0v) is 9.07. The van der Waals surface area contributed by atoms with Crippen LogP contribution in [-0.2, 0) is 6.61 Å². The highest BCUT2D eigenvalue weighted by Gasteiger charge is 2.05. The van der Waals surface area contributed by atoms with Crippen molar-refractivity contribution >= 4 is 0 Å². The van der Waals surface area contributed by atoms with E-state index in [-0.39, 0.29) is 12.4 Å². The predicted molar refractivity (Wildman–Crippen MR) is 62.5 cm³/mol. The van der Waals surface area contributed by atoms with Gasteiger partial charge in [-0.05, 0) is 24.1 Å². The maximum atomic E-state index is 13.7. The molecular weight excluding hydrogens is 203 g/mol. The van der Waals surface area contributed by atoms with Gasteiger partial charge in [0.1, 0.15) is 5.82 Å². The zero-order valence-electron chi connectivity index (χ0n) is 9.07. The summed E-state index contributed by atoms with van der Waals surface area (Å²) in [4.78, 5) is 0. The van der Waals surface area contributed by atoms with Gasteiger partial charge in [-0.1, -0.05) is 42.0 Å². The molecule has 1 nitrogen and oxygen atoms in total. The van der Waals surface area contributed by atoms with Gasteiger partial charge in [-0.25, -0.2) is 4.39 Å². The summed E-state index contributed by atoms with van der Waals surface area (Å²) in [6, 6.07) is 12.5. The first-order valence-corrected chi connectivity index (χ1v) is 5.17. The van der Waals surface area contributed by atoms with Crippen LogP contribution < -0.4 is 0 Å². The number of hydrogen-bond acceptors (Lipinski definition) is 1. The molecule has 2 aromatic carbocycles. The van der Waals surface area contributed by atoms with Crippen molar-refractivity contribution in [3.63, 3.8) is 0 Å². The molecule has 0 fully saturated rings. The van der Waals surface area contributed by atoms with Crippen LogP contribution in [0.3, 0.4) is 0 Å². The van der Waals surface area contributed by atoms with Crippen molar-refractivity contribution < 1.29 is 9.50 Å². The van der Waals surface area contributed by atoms with E-state index in [2.05, 4.69) is 0 Å². The monoisotopic (exact) mass is 216 g/mol. The molecule has 0 radical (unpaired) electrons. The summed E-state index contributed by atoms with van der Waals surface area (Å²) in [7, 11) is 0. The number of aliphatic hydroxyl groups is 1. The number of halogens is 1. The lowest BCUT2D eigenvalue weighted by atomic mass is 10.0. The summed E-state index contributed by atoms with van der Waals surface area (Å²) in [5.74, 6) is -0.296. The van der Waals surface area contributed by atoms with Crippen LogP contribution in [0.4, 0.5) is 4.39 Å². The van der Waals surface area contributed by atoms with E-state index in [0.717, 1.165) is 11.1 Å². The molecular formula is C14H13FO. The van der Waals surface area contributed by atoms with E-state index in [4.69, 9.17) is 5.11 Å². The van der Waals surface area contributed by atoms with E-state index in [1.165, 1.54) is 6.07 Å². The SMILES string of the molecule is Cc1ccc(-c2ccc(CO)cc2F)cc1. The summed E-state index contributed by atoms with van der Waals surface area (Å²) >= 11 is 0. The van der Waals surface area contributed by atoms with Crippen molar-refractivity contribution in [3.05, 3.63) is 59.4 Å². The van der Waals surface area contributed by atoms with Crippen molar-refractivity contribution in [1.29, 1.82) is 0 Å². The Morgan fingerprint density at radius 2 is 1.75 bits per heavy atom. The van der Waals surface area contributed by atoms with Crippen molar-refractivity contribution in [2.45, 2.75) is 13.5 Å². The van der Waals surface area contributed by atoms with Crippen molar-refractivity contribution in [2.24, 2.45) is 0 Å². The molecule has 0 aromatic heterocycles. The van der Waals surface area contributed by atoms with Gasteiger partial charge in [0.05, 0.1) is 6.61 Å². The third-order valence-corrected chi connectivity index (χ3v) is 2.58. The van der Waals surface area contributed by atoms with E-state index >= 15 is 0 Å². The predicted octanol–water partition coefficient (Wildman–Crippen LogP) is 3.29. The molecule has 2 aromatic rings. The lowest BCUT2D eigenvalue weighted by molar-refractivity contribution is 0.281. The van der Waals surface area contributed by atoms with E-state index in [1.54, 1.807) is 12.1 Å². The summed E-state index contributed by atoms with van der Waals surface area (Å²) < 4.78 is 13.7. The smallest absolute Gasteiger partial charge is 0.131 e. The van der Waals surface area contributed by atoms with Gasteiger partial charge in [0.25, 0.3) is 0 Å².